The summed E-state index contributed by atoms with van der Waals surface area (Å²) in [7, 11) is 0. The number of carbonyl (C=O) groups is 2. The summed E-state index contributed by atoms with van der Waals surface area (Å²) in [5, 5.41) is 0. The molecule has 1 fully saturated rings. The normalized spacial score (nSPS) is 21.0. The molecule has 1 heterocycles. The summed E-state index contributed by atoms with van der Waals surface area (Å²) in [4.78, 5) is 21.1. The van der Waals surface area contributed by atoms with Crippen LogP contribution in [-0.4, -0.2) is 24.8 Å². The van der Waals surface area contributed by atoms with Gasteiger partial charge in [0.15, 0.2) is 6.10 Å². The molecule has 0 radical (unpaired) electrons. The second-order valence-corrected chi connectivity index (χ2v) is 2.16. The Hall–Kier alpha value is -1.52. The Balaban J connectivity index is 2.27. The zero-order valence-electron chi connectivity index (χ0n) is 6.32. The van der Waals surface area contributed by atoms with Crippen LogP contribution in [0.1, 0.15) is 6.42 Å². The zero-order chi connectivity index (χ0) is 8.97. The minimum Gasteiger partial charge on any atom is -0.435 e. The largest absolute Gasteiger partial charge is 0.508 e. The summed E-state index contributed by atoms with van der Waals surface area (Å²) in [5.41, 5.74) is 0. The number of hydrogen-bond donors (Lipinski definition) is 0. The predicted molar refractivity (Wildman–Crippen MR) is 37.1 cm³/mol. The van der Waals surface area contributed by atoms with Crippen molar-refractivity contribution < 1.29 is 23.8 Å². The standard InChI is InChI=1S/C7H8O5/c1-2-10-6(8)3-5-4-11-7(9)12-5/h2,5H,1,3-4H2. The first-order chi connectivity index (χ1) is 5.72. The minimum absolute atomic E-state index is 0.00222. The third kappa shape index (κ3) is 2.26. The molecule has 0 aromatic heterocycles. The van der Waals surface area contributed by atoms with Gasteiger partial charge in [-0.1, -0.05) is 6.58 Å². The Morgan fingerprint density at radius 1 is 1.83 bits per heavy atom. The van der Waals surface area contributed by atoms with E-state index in [4.69, 9.17) is 0 Å². The van der Waals surface area contributed by atoms with E-state index in [0.29, 0.717) is 0 Å². The van der Waals surface area contributed by atoms with Crippen molar-refractivity contribution in [1.29, 1.82) is 0 Å². The third-order valence-corrected chi connectivity index (χ3v) is 1.26. The maximum atomic E-state index is 10.8. The highest BCUT2D eigenvalue weighted by Gasteiger charge is 2.27. The van der Waals surface area contributed by atoms with E-state index < -0.39 is 18.2 Å². The van der Waals surface area contributed by atoms with Crippen molar-refractivity contribution in [2.75, 3.05) is 6.61 Å². The van der Waals surface area contributed by atoms with E-state index in [1.807, 2.05) is 0 Å². The zero-order valence-corrected chi connectivity index (χ0v) is 6.32. The van der Waals surface area contributed by atoms with Crippen molar-refractivity contribution in [2.24, 2.45) is 0 Å². The molecule has 0 aromatic rings. The summed E-state index contributed by atoms with van der Waals surface area (Å²) in [5.74, 6) is -0.492. The van der Waals surface area contributed by atoms with Crippen molar-refractivity contribution in [3.05, 3.63) is 12.8 Å². The van der Waals surface area contributed by atoms with Gasteiger partial charge >= 0.3 is 12.1 Å². The lowest BCUT2D eigenvalue weighted by Crippen LogP contribution is -2.16. The fraction of sp³-hybridized carbons (Fsp3) is 0.429. The lowest BCUT2D eigenvalue weighted by Gasteiger charge is -2.02. The van der Waals surface area contributed by atoms with Crippen molar-refractivity contribution in [2.45, 2.75) is 12.5 Å². The van der Waals surface area contributed by atoms with Gasteiger partial charge < -0.3 is 14.2 Å². The monoisotopic (exact) mass is 172 g/mol. The Kier molecular flexibility index (Phi) is 2.68. The molecule has 1 rings (SSSR count). The first-order valence-corrected chi connectivity index (χ1v) is 3.36. The lowest BCUT2D eigenvalue weighted by atomic mass is 10.3. The topological polar surface area (TPSA) is 61.8 Å². The van der Waals surface area contributed by atoms with Crippen molar-refractivity contribution in [1.82, 2.24) is 0 Å². The van der Waals surface area contributed by atoms with Crippen LogP contribution in [0.2, 0.25) is 0 Å². The molecule has 0 bridgehead atoms. The molecule has 5 nitrogen and oxygen atoms in total. The number of ether oxygens (including phenoxy) is 3. The average molecular weight is 172 g/mol. The molecule has 1 atom stereocenters. The molecule has 5 heteroatoms. The molecule has 66 valence electrons. The highest BCUT2D eigenvalue weighted by molar-refractivity contribution is 5.71. The summed E-state index contributed by atoms with van der Waals surface area (Å²) in [6.45, 7) is 3.31. The van der Waals surface area contributed by atoms with Crippen LogP contribution in [0.4, 0.5) is 4.79 Å². The fourth-order valence-corrected chi connectivity index (χ4v) is 0.793. The Morgan fingerprint density at radius 2 is 2.58 bits per heavy atom. The van der Waals surface area contributed by atoms with Crippen LogP contribution >= 0.6 is 0 Å². The van der Waals surface area contributed by atoms with Crippen LogP contribution in [0.25, 0.3) is 0 Å². The SMILES string of the molecule is C=COC(=O)CC1COC(=O)O1. The number of carbonyl (C=O) groups excluding carboxylic acids is 2. The Labute approximate surface area is 68.9 Å². The van der Waals surface area contributed by atoms with Gasteiger partial charge in [-0.25, -0.2) is 4.79 Å². The van der Waals surface area contributed by atoms with Gasteiger partial charge in [0.05, 0.1) is 12.7 Å². The molecule has 1 aliphatic rings. The summed E-state index contributed by atoms with van der Waals surface area (Å²) in [6, 6.07) is 0. The predicted octanol–water partition coefficient (Wildman–Crippen LogP) is 0.599. The van der Waals surface area contributed by atoms with Crippen LogP contribution < -0.4 is 0 Å². The number of hydrogen-bond acceptors (Lipinski definition) is 5. The number of rotatable bonds is 3. The maximum absolute atomic E-state index is 10.8. The van der Waals surface area contributed by atoms with Gasteiger partial charge in [-0.3, -0.25) is 4.79 Å². The molecule has 0 spiro atoms. The van der Waals surface area contributed by atoms with E-state index in [2.05, 4.69) is 20.8 Å². The van der Waals surface area contributed by atoms with E-state index in [1.54, 1.807) is 0 Å². The summed E-state index contributed by atoms with van der Waals surface area (Å²) < 4.78 is 13.4. The molecule has 0 N–H and O–H groups in total. The van der Waals surface area contributed by atoms with E-state index in [0.717, 1.165) is 6.26 Å². The van der Waals surface area contributed by atoms with Gasteiger partial charge in [0.1, 0.15) is 6.61 Å². The van der Waals surface area contributed by atoms with Gasteiger partial charge in [0.2, 0.25) is 0 Å². The van der Waals surface area contributed by atoms with E-state index >= 15 is 0 Å². The first kappa shape index (κ1) is 8.58. The van der Waals surface area contributed by atoms with E-state index in [-0.39, 0.29) is 13.0 Å². The number of cyclic esters (lactones) is 2. The molecular formula is C7H8O5. The van der Waals surface area contributed by atoms with E-state index in [9.17, 15) is 9.59 Å². The average Bonchev–Trinajstić information content (AvgIpc) is 2.36. The molecule has 0 saturated carbocycles. The molecule has 1 unspecified atom stereocenters. The Bertz CT molecular complexity index is 210. The van der Waals surface area contributed by atoms with Crippen molar-refractivity contribution in [3.63, 3.8) is 0 Å². The fourth-order valence-electron chi connectivity index (χ4n) is 0.793. The third-order valence-electron chi connectivity index (χ3n) is 1.26. The molecule has 0 aromatic carbocycles. The molecule has 12 heavy (non-hydrogen) atoms. The van der Waals surface area contributed by atoms with Crippen LogP contribution in [0.15, 0.2) is 12.8 Å². The van der Waals surface area contributed by atoms with Gasteiger partial charge in [0, 0.05) is 0 Å². The van der Waals surface area contributed by atoms with Crippen LogP contribution in [0.3, 0.4) is 0 Å². The smallest absolute Gasteiger partial charge is 0.435 e. The van der Waals surface area contributed by atoms with Gasteiger partial charge in [0.25, 0.3) is 0 Å². The summed E-state index contributed by atoms with van der Waals surface area (Å²) >= 11 is 0. The molecular weight excluding hydrogens is 164 g/mol. The Morgan fingerprint density at radius 3 is 3.08 bits per heavy atom. The second-order valence-electron chi connectivity index (χ2n) is 2.16. The molecule has 1 aliphatic heterocycles. The van der Waals surface area contributed by atoms with Crippen LogP contribution in [0.5, 0.6) is 0 Å². The summed E-state index contributed by atoms with van der Waals surface area (Å²) in [6.07, 6.45) is -0.242. The van der Waals surface area contributed by atoms with Crippen LogP contribution in [-0.2, 0) is 19.0 Å². The minimum atomic E-state index is -0.744. The molecule has 0 aliphatic carbocycles. The highest BCUT2D eigenvalue weighted by Crippen LogP contribution is 2.10. The quantitative estimate of drug-likeness (QED) is 0.460. The first-order valence-electron chi connectivity index (χ1n) is 3.36. The van der Waals surface area contributed by atoms with Crippen molar-refractivity contribution in [3.8, 4) is 0 Å². The number of esters is 1. The van der Waals surface area contributed by atoms with Gasteiger partial charge in [-0.15, -0.1) is 0 Å². The second kappa shape index (κ2) is 3.75. The van der Waals surface area contributed by atoms with Gasteiger partial charge in [-0.2, -0.15) is 0 Å². The maximum Gasteiger partial charge on any atom is 0.508 e. The molecule has 0 amide bonds. The highest BCUT2D eigenvalue weighted by atomic mass is 16.8. The molecule has 1 saturated heterocycles. The van der Waals surface area contributed by atoms with Gasteiger partial charge in [-0.05, 0) is 0 Å². The van der Waals surface area contributed by atoms with Crippen molar-refractivity contribution >= 4 is 12.1 Å². The van der Waals surface area contributed by atoms with E-state index in [1.165, 1.54) is 0 Å². The lowest BCUT2D eigenvalue weighted by molar-refractivity contribution is -0.139. The van der Waals surface area contributed by atoms with Crippen LogP contribution in [0, 0.1) is 0 Å².